The lowest BCUT2D eigenvalue weighted by molar-refractivity contribution is -0.119. The molecule has 0 fully saturated rings. The van der Waals surface area contributed by atoms with Crippen LogP contribution in [0.1, 0.15) is 31.0 Å². The van der Waals surface area contributed by atoms with E-state index in [1.165, 1.54) is 6.07 Å². The average molecular weight is 373 g/mol. The molecule has 7 heteroatoms. The van der Waals surface area contributed by atoms with Crippen molar-refractivity contribution in [2.45, 2.75) is 26.3 Å². The number of ether oxygens (including phenoxy) is 1. The third-order valence-electron chi connectivity index (χ3n) is 3.93. The first-order valence-electron chi connectivity index (χ1n) is 8.72. The van der Waals surface area contributed by atoms with Gasteiger partial charge in [0.1, 0.15) is 0 Å². The van der Waals surface area contributed by atoms with Crippen LogP contribution in [0.4, 0.5) is 14.9 Å². The first-order valence-corrected chi connectivity index (χ1v) is 8.72. The van der Waals surface area contributed by atoms with Crippen molar-refractivity contribution in [3.63, 3.8) is 0 Å². The standard InChI is InChI=1S/C20H24FN3O3/c1-4-27-18-9-8-15(12-17(18)21)13(2)23-20(26)24-16-7-5-6-14(10-16)11-19(25)22-3/h5-10,12-13H,4,11H2,1-3H3,(H,22,25)(H2,23,24,26). The molecule has 0 heterocycles. The summed E-state index contributed by atoms with van der Waals surface area (Å²) in [6.07, 6.45) is 0.232. The lowest BCUT2D eigenvalue weighted by atomic mass is 10.1. The Balaban J connectivity index is 1.98. The predicted molar refractivity (Wildman–Crippen MR) is 102 cm³/mol. The number of likely N-dealkylation sites (N-methyl/N-ethyl adjacent to an activating group) is 1. The number of amides is 3. The zero-order valence-corrected chi connectivity index (χ0v) is 15.6. The van der Waals surface area contributed by atoms with E-state index in [0.29, 0.717) is 17.9 Å². The molecule has 2 aromatic carbocycles. The monoisotopic (exact) mass is 373 g/mol. The maximum Gasteiger partial charge on any atom is 0.319 e. The fourth-order valence-corrected chi connectivity index (χ4v) is 2.54. The minimum absolute atomic E-state index is 0.109. The number of nitrogens with one attached hydrogen (secondary N) is 3. The van der Waals surface area contributed by atoms with Gasteiger partial charge in [0, 0.05) is 12.7 Å². The number of hydrogen-bond acceptors (Lipinski definition) is 3. The summed E-state index contributed by atoms with van der Waals surface area (Å²) in [6.45, 7) is 3.92. The Hall–Kier alpha value is -3.09. The lowest BCUT2D eigenvalue weighted by Gasteiger charge is -2.16. The second-order valence-electron chi connectivity index (χ2n) is 5.99. The molecule has 0 aromatic heterocycles. The average Bonchev–Trinajstić information content (AvgIpc) is 2.63. The van der Waals surface area contributed by atoms with E-state index in [4.69, 9.17) is 4.74 Å². The van der Waals surface area contributed by atoms with Crippen molar-refractivity contribution in [1.29, 1.82) is 0 Å². The molecule has 0 saturated carbocycles. The van der Waals surface area contributed by atoms with Gasteiger partial charge in [0.15, 0.2) is 11.6 Å². The third-order valence-corrected chi connectivity index (χ3v) is 3.93. The normalized spacial score (nSPS) is 11.4. The number of urea groups is 1. The summed E-state index contributed by atoms with van der Waals surface area (Å²) in [5.74, 6) is -0.390. The molecule has 0 radical (unpaired) electrons. The van der Waals surface area contributed by atoms with Crippen molar-refractivity contribution in [2.75, 3.05) is 19.0 Å². The van der Waals surface area contributed by atoms with Crippen molar-refractivity contribution in [2.24, 2.45) is 0 Å². The number of hydrogen-bond donors (Lipinski definition) is 3. The van der Waals surface area contributed by atoms with E-state index >= 15 is 0 Å². The quantitative estimate of drug-likeness (QED) is 0.696. The Morgan fingerprint density at radius 3 is 2.63 bits per heavy atom. The highest BCUT2D eigenvalue weighted by molar-refractivity contribution is 5.89. The van der Waals surface area contributed by atoms with Crippen molar-refractivity contribution >= 4 is 17.6 Å². The number of carbonyl (C=O) groups excluding carboxylic acids is 2. The SMILES string of the molecule is CCOc1ccc(C(C)NC(=O)Nc2cccc(CC(=O)NC)c2)cc1F. The zero-order chi connectivity index (χ0) is 19.8. The van der Waals surface area contributed by atoms with E-state index in [0.717, 1.165) is 5.56 Å². The first kappa shape index (κ1) is 20.2. The maximum absolute atomic E-state index is 14.0. The van der Waals surface area contributed by atoms with Crippen LogP contribution in [-0.4, -0.2) is 25.6 Å². The second kappa shape index (κ2) is 9.56. The van der Waals surface area contributed by atoms with E-state index < -0.39 is 17.9 Å². The molecule has 0 aliphatic carbocycles. The van der Waals surface area contributed by atoms with Crippen LogP contribution in [-0.2, 0) is 11.2 Å². The van der Waals surface area contributed by atoms with Crippen LogP contribution in [0.2, 0.25) is 0 Å². The van der Waals surface area contributed by atoms with Crippen LogP contribution in [0.15, 0.2) is 42.5 Å². The van der Waals surface area contributed by atoms with Gasteiger partial charge in [-0.25, -0.2) is 9.18 Å². The molecule has 2 aromatic rings. The molecule has 3 N–H and O–H groups in total. The molecule has 0 saturated heterocycles. The van der Waals surface area contributed by atoms with E-state index in [1.807, 2.05) is 6.07 Å². The minimum Gasteiger partial charge on any atom is -0.491 e. The van der Waals surface area contributed by atoms with E-state index in [9.17, 15) is 14.0 Å². The number of benzene rings is 2. The number of rotatable bonds is 7. The largest absolute Gasteiger partial charge is 0.491 e. The van der Waals surface area contributed by atoms with Gasteiger partial charge in [-0.3, -0.25) is 4.79 Å². The molecule has 0 aliphatic heterocycles. The summed E-state index contributed by atoms with van der Waals surface area (Å²) >= 11 is 0. The molecule has 0 bridgehead atoms. The third kappa shape index (κ3) is 5.99. The summed E-state index contributed by atoms with van der Waals surface area (Å²) in [6, 6.07) is 10.8. The Bertz CT molecular complexity index is 811. The fraction of sp³-hybridized carbons (Fsp3) is 0.300. The zero-order valence-electron chi connectivity index (χ0n) is 15.6. The number of anilines is 1. The van der Waals surface area contributed by atoms with E-state index in [1.54, 1.807) is 51.2 Å². The van der Waals surface area contributed by atoms with Gasteiger partial charge in [0.25, 0.3) is 0 Å². The van der Waals surface area contributed by atoms with Crippen LogP contribution >= 0.6 is 0 Å². The van der Waals surface area contributed by atoms with Crippen LogP contribution in [0.5, 0.6) is 5.75 Å². The smallest absolute Gasteiger partial charge is 0.319 e. The molecular formula is C20H24FN3O3. The predicted octanol–water partition coefficient (Wildman–Crippen LogP) is 3.40. The van der Waals surface area contributed by atoms with Crippen LogP contribution < -0.4 is 20.7 Å². The Morgan fingerprint density at radius 2 is 1.96 bits per heavy atom. The fourth-order valence-electron chi connectivity index (χ4n) is 2.54. The van der Waals surface area contributed by atoms with E-state index in [-0.39, 0.29) is 18.1 Å². The molecule has 2 rings (SSSR count). The van der Waals surface area contributed by atoms with Crippen molar-refractivity contribution in [3.8, 4) is 5.75 Å². The second-order valence-corrected chi connectivity index (χ2v) is 5.99. The highest BCUT2D eigenvalue weighted by Crippen LogP contribution is 2.22. The molecule has 1 unspecified atom stereocenters. The molecule has 3 amide bonds. The van der Waals surface area contributed by atoms with Gasteiger partial charge in [-0.05, 0) is 49.2 Å². The summed E-state index contributed by atoms with van der Waals surface area (Å²) in [7, 11) is 1.57. The molecular weight excluding hydrogens is 349 g/mol. The number of carbonyl (C=O) groups is 2. The molecule has 6 nitrogen and oxygen atoms in total. The molecule has 0 spiro atoms. The Morgan fingerprint density at radius 1 is 1.19 bits per heavy atom. The molecule has 144 valence electrons. The molecule has 27 heavy (non-hydrogen) atoms. The molecule has 0 aliphatic rings. The number of halogens is 1. The van der Waals surface area contributed by atoms with Crippen LogP contribution in [0.25, 0.3) is 0 Å². The molecule has 1 atom stereocenters. The summed E-state index contributed by atoms with van der Waals surface area (Å²) in [4.78, 5) is 23.7. The van der Waals surface area contributed by atoms with Crippen LogP contribution in [0.3, 0.4) is 0 Å². The van der Waals surface area contributed by atoms with Gasteiger partial charge in [0.2, 0.25) is 5.91 Å². The van der Waals surface area contributed by atoms with E-state index in [2.05, 4.69) is 16.0 Å². The highest BCUT2D eigenvalue weighted by Gasteiger charge is 2.13. The van der Waals surface area contributed by atoms with Gasteiger partial charge >= 0.3 is 6.03 Å². The summed E-state index contributed by atoms with van der Waals surface area (Å²) < 4.78 is 19.1. The summed E-state index contributed by atoms with van der Waals surface area (Å²) in [5, 5.41) is 8.03. The van der Waals surface area contributed by atoms with Crippen molar-refractivity contribution in [1.82, 2.24) is 10.6 Å². The van der Waals surface area contributed by atoms with Crippen molar-refractivity contribution < 1.29 is 18.7 Å². The Kier molecular flexibility index (Phi) is 7.16. The van der Waals surface area contributed by atoms with Gasteiger partial charge in [0.05, 0.1) is 19.1 Å². The summed E-state index contributed by atoms with van der Waals surface area (Å²) in [5.41, 5.74) is 1.98. The van der Waals surface area contributed by atoms with Crippen molar-refractivity contribution in [3.05, 3.63) is 59.4 Å². The van der Waals surface area contributed by atoms with Gasteiger partial charge < -0.3 is 20.7 Å². The highest BCUT2D eigenvalue weighted by atomic mass is 19.1. The topological polar surface area (TPSA) is 79.5 Å². The first-order chi connectivity index (χ1) is 12.9. The minimum atomic E-state index is -0.467. The van der Waals surface area contributed by atoms with Gasteiger partial charge in [-0.2, -0.15) is 0 Å². The lowest BCUT2D eigenvalue weighted by Crippen LogP contribution is -2.31. The van der Waals surface area contributed by atoms with Gasteiger partial charge in [-0.15, -0.1) is 0 Å². The van der Waals surface area contributed by atoms with Gasteiger partial charge in [-0.1, -0.05) is 18.2 Å². The maximum atomic E-state index is 14.0. The van der Waals surface area contributed by atoms with Crippen LogP contribution in [0, 0.1) is 5.82 Å². The Labute approximate surface area is 158 Å².